The van der Waals surface area contributed by atoms with Crippen LogP contribution in [0.5, 0.6) is 12.0 Å². The summed E-state index contributed by atoms with van der Waals surface area (Å²) in [7, 11) is 2.83. The molecule has 1 heterocycles. The summed E-state index contributed by atoms with van der Waals surface area (Å²) in [4.78, 5) is 23.3. The second-order valence-electron chi connectivity index (χ2n) is 5.19. The zero-order valence-corrected chi connectivity index (χ0v) is 13.0. The second kappa shape index (κ2) is 6.26. The first-order valence-electron chi connectivity index (χ1n) is 7.18. The number of carboxylic acids is 1. The van der Waals surface area contributed by atoms with E-state index in [1.54, 1.807) is 0 Å². The number of methoxy groups -OCH3 is 2. The molecular formula is C15H15FN4O4. The molecule has 0 aliphatic heterocycles. The molecule has 0 spiro atoms. The number of carboxylic acid groups (broad SMARTS) is 1. The van der Waals surface area contributed by atoms with Crippen molar-refractivity contribution in [3.8, 4) is 12.0 Å². The Balaban J connectivity index is 1.94. The van der Waals surface area contributed by atoms with Gasteiger partial charge in [-0.15, -0.1) is 4.98 Å². The van der Waals surface area contributed by atoms with Crippen molar-refractivity contribution < 1.29 is 23.8 Å². The average Bonchev–Trinajstić information content (AvgIpc) is 2.96. The molecule has 126 valence electrons. The van der Waals surface area contributed by atoms with E-state index >= 15 is 0 Å². The summed E-state index contributed by atoms with van der Waals surface area (Å²) in [6.07, 6.45) is 1.11. The molecule has 1 aromatic heterocycles. The van der Waals surface area contributed by atoms with E-state index in [1.165, 1.54) is 20.3 Å². The summed E-state index contributed by atoms with van der Waals surface area (Å²) in [6.45, 7) is 0. The van der Waals surface area contributed by atoms with Gasteiger partial charge in [-0.25, -0.2) is 9.18 Å². The molecule has 3 rings (SSSR count). The Morgan fingerprint density at radius 1 is 1.25 bits per heavy atom. The highest BCUT2D eigenvalue weighted by molar-refractivity contribution is 5.90. The first-order chi connectivity index (χ1) is 11.5. The van der Waals surface area contributed by atoms with Crippen LogP contribution in [0.25, 0.3) is 0 Å². The standard InChI is InChI=1S/C15H15FN4O4/c1-23-14-18-13(19-15(20-14)24-2)17-11-4-3-8-9(11)5-7(16)6-10(8)12(21)22/h5-6,11H,3-4H2,1-2H3,(H,21,22)(H,17,18,19,20). The van der Waals surface area contributed by atoms with Crippen LogP contribution in [0.3, 0.4) is 0 Å². The largest absolute Gasteiger partial charge is 0.478 e. The fourth-order valence-electron chi connectivity index (χ4n) is 2.77. The number of hydrogen-bond acceptors (Lipinski definition) is 7. The lowest BCUT2D eigenvalue weighted by molar-refractivity contribution is 0.0695. The molecule has 0 bridgehead atoms. The maximum Gasteiger partial charge on any atom is 0.336 e. The van der Waals surface area contributed by atoms with Gasteiger partial charge in [-0.1, -0.05) is 0 Å². The molecule has 1 aliphatic rings. The Kier molecular flexibility index (Phi) is 4.15. The molecule has 2 N–H and O–H groups in total. The Labute approximate surface area is 136 Å². The molecule has 0 radical (unpaired) electrons. The van der Waals surface area contributed by atoms with Crippen molar-refractivity contribution in [1.29, 1.82) is 0 Å². The highest BCUT2D eigenvalue weighted by Gasteiger charge is 2.28. The minimum Gasteiger partial charge on any atom is -0.478 e. The topological polar surface area (TPSA) is 106 Å². The summed E-state index contributed by atoms with van der Waals surface area (Å²) in [5, 5.41) is 12.3. The molecule has 24 heavy (non-hydrogen) atoms. The highest BCUT2D eigenvalue weighted by Crippen LogP contribution is 2.36. The van der Waals surface area contributed by atoms with E-state index in [4.69, 9.17) is 9.47 Å². The lowest BCUT2D eigenvalue weighted by atomic mass is 10.0. The number of benzene rings is 1. The Morgan fingerprint density at radius 2 is 1.92 bits per heavy atom. The number of fused-ring (bicyclic) bond motifs is 1. The quantitative estimate of drug-likeness (QED) is 0.853. The predicted octanol–water partition coefficient (Wildman–Crippen LogP) is 1.83. The number of halogens is 1. The van der Waals surface area contributed by atoms with Crippen molar-refractivity contribution in [3.63, 3.8) is 0 Å². The molecular weight excluding hydrogens is 319 g/mol. The van der Waals surface area contributed by atoms with Crippen LogP contribution in [0, 0.1) is 5.82 Å². The van der Waals surface area contributed by atoms with E-state index in [1.807, 2.05) is 0 Å². The summed E-state index contributed by atoms with van der Waals surface area (Å²) >= 11 is 0. The van der Waals surface area contributed by atoms with Crippen LogP contribution in [-0.4, -0.2) is 40.2 Å². The molecule has 1 aliphatic carbocycles. The fourth-order valence-corrected chi connectivity index (χ4v) is 2.77. The minimum absolute atomic E-state index is 0.0138. The van der Waals surface area contributed by atoms with Gasteiger partial charge in [-0.2, -0.15) is 9.97 Å². The van der Waals surface area contributed by atoms with Gasteiger partial charge in [0, 0.05) is 0 Å². The monoisotopic (exact) mass is 334 g/mol. The third-order valence-corrected chi connectivity index (χ3v) is 3.80. The van der Waals surface area contributed by atoms with Crippen LogP contribution >= 0.6 is 0 Å². The van der Waals surface area contributed by atoms with Crippen molar-refractivity contribution in [1.82, 2.24) is 15.0 Å². The number of hydrogen-bond donors (Lipinski definition) is 2. The van der Waals surface area contributed by atoms with E-state index < -0.39 is 11.8 Å². The van der Waals surface area contributed by atoms with Crippen LogP contribution < -0.4 is 14.8 Å². The number of rotatable bonds is 5. The third-order valence-electron chi connectivity index (χ3n) is 3.80. The summed E-state index contributed by atoms with van der Waals surface area (Å²) in [5.41, 5.74) is 1.19. The van der Waals surface area contributed by atoms with Gasteiger partial charge >= 0.3 is 18.0 Å². The first-order valence-corrected chi connectivity index (χ1v) is 7.18. The summed E-state index contributed by atoms with van der Waals surface area (Å²) in [6, 6.07) is 2.22. The number of aromatic carboxylic acids is 1. The number of carbonyl (C=O) groups is 1. The van der Waals surface area contributed by atoms with Crippen molar-refractivity contribution in [2.75, 3.05) is 19.5 Å². The lowest BCUT2D eigenvalue weighted by Gasteiger charge is -2.15. The van der Waals surface area contributed by atoms with Crippen LogP contribution in [0.1, 0.15) is 33.9 Å². The molecule has 1 atom stereocenters. The molecule has 0 saturated carbocycles. The van der Waals surface area contributed by atoms with E-state index in [2.05, 4.69) is 20.3 Å². The molecule has 2 aromatic rings. The molecule has 0 fully saturated rings. The SMILES string of the molecule is COc1nc(NC2CCc3c(C(=O)O)cc(F)cc32)nc(OC)n1. The van der Waals surface area contributed by atoms with Crippen molar-refractivity contribution in [3.05, 3.63) is 34.6 Å². The Hall–Kier alpha value is -2.97. The normalized spacial score (nSPS) is 15.7. The third kappa shape index (κ3) is 2.92. The van der Waals surface area contributed by atoms with Crippen LogP contribution in [0.2, 0.25) is 0 Å². The summed E-state index contributed by atoms with van der Waals surface area (Å²) < 4.78 is 23.7. The average molecular weight is 334 g/mol. The van der Waals surface area contributed by atoms with Gasteiger partial charge in [-0.05, 0) is 36.1 Å². The zero-order chi connectivity index (χ0) is 17.3. The minimum atomic E-state index is -1.14. The van der Waals surface area contributed by atoms with E-state index in [-0.39, 0.29) is 29.6 Å². The van der Waals surface area contributed by atoms with Crippen molar-refractivity contribution >= 4 is 11.9 Å². The zero-order valence-electron chi connectivity index (χ0n) is 13.0. The Morgan fingerprint density at radius 3 is 2.50 bits per heavy atom. The smallest absolute Gasteiger partial charge is 0.336 e. The molecule has 0 saturated heterocycles. The molecule has 1 aromatic carbocycles. The van der Waals surface area contributed by atoms with E-state index in [9.17, 15) is 14.3 Å². The Bertz CT molecular complexity index is 777. The van der Waals surface area contributed by atoms with Gasteiger partial charge in [-0.3, -0.25) is 0 Å². The molecule has 1 unspecified atom stereocenters. The molecule has 8 nitrogen and oxygen atoms in total. The predicted molar refractivity (Wildman–Crippen MR) is 81.0 cm³/mol. The van der Waals surface area contributed by atoms with Gasteiger partial charge in [0.1, 0.15) is 5.82 Å². The molecule has 9 heteroatoms. The number of ether oxygens (including phenoxy) is 2. The fraction of sp³-hybridized carbons (Fsp3) is 0.333. The van der Waals surface area contributed by atoms with Crippen molar-refractivity contribution in [2.45, 2.75) is 18.9 Å². The second-order valence-corrected chi connectivity index (χ2v) is 5.19. The van der Waals surface area contributed by atoms with Gasteiger partial charge in [0.15, 0.2) is 0 Å². The van der Waals surface area contributed by atoms with Crippen LogP contribution in [0.15, 0.2) is 12.1 Å². The summed E-state index contributed by atoms with van der Waals surface area (Å²) in [5.74, 6) is -1.53. The van der Waals surface area contributed by atoms with Crippen LogP contribution in [-0.2, 0) is 6.42 Å². The number of nitrogens with zero attached hydrogens (tertiary/aromatic N) is 3. The van der Waals surface area contributed by atoms with Crippen molar-refractivity contribution in [2.24, 2.45) is 0 Å². The maximum absolute atomic E-state index is 13.8. The van der Waals surface area contributed by atoms with E-state index in [0.717, 1.165) is 6.07 Å². The molecule has 0 amide bonds. The number of anilines is 1. The van der Waals surface area contributed by atoms with Gasteiger partial charge in [0.25, 0.3) is 0 Å². The van der Waals surface area contributed by atoms with Gasteiger partial charge < -0.3 is 19.9 Å². The maximum atomic E-state index is 13.8. The first kappa shape index (κ1) is 15.9. The number of aromatic nitrogens is 3. The van der Waals surface area contributed by atoms with Crippen LogP contribution in [0.4, 0.5) is 10.3 Å². The van der Waals surface area contributed by atoms with Gasteiger partial charge in [0.2, 0.25) is 5.95 Å². The number of nitrogens with one attached hydrogen (secondary N) is 1. The van der Waals surface area contributed by atoms with Gasteiger partial charge in [0.05, 0.1) is 25.8 Å². The van der Waals surface area contributed by atoms with E-state index in [0.29, 0.717) is 24.0 Å². The highest BCUT2D eigenvalue weighted by atomic mass is 19.1. The lowest BCUT2D eigenvalue weighted by Crippen LogP contribution is -2.12.